The molecule has 0 saturated carbocycles. The van der Waals surface area contributed by atoms with Crippen LogP contribution in [0.25, 0.3) is 16.3 Å². The number of pyridine rings is 2. The molecular formula is C18H16N6O2S. The number of thiazole rings is 1. The summed E-state index contributed by atoms with van der Waals surface area (Å²) in [5.41, 5.74) is 2.27. The van der Waals surface area contributed by atoms with Crippen molar-refractivity contribution in [1.29, 1.82) is 0 Å². The average Bonchev–Trinajstić information content (AvgIpc) is 3.23. The summed E-state index contributed by atoms with van der Waals surface area (Å²) in [4.78, 5) is 27.4. The molecule has 136 valence electrons. The number of fused-ring (bicyclic) bond motifs is 1. The van der Waals surface area contributed by atoms with E-state index in [-0.39, 0.29) is 0 Å². The maximum absolute atomic E-state index is 11.9. The van der Waals surface area contributed by atoms with Gasteiger partial charge >= 0.3 is 6.09 Å². The highest BCUT2D eigenvalue weighted by molar-refractivity contribution is 7.17. The van der Waals surface area contributed by atoms with Crippen molar-refractivity contribution in [1.82, 2.24) is 24.6 Å². The van der Waals surface area contributed by atoms with Crippen molar-refractivity contribution in [3.63, 3.8) is 0 Å². The fraction of sp³-hybridized carbons (Fsp3) is 0.167. The van der Waals surface area contributed by atoms with Crippen molar-refractivity contribution >= 4 is 28.1 Å². The zero-order valence-corrected chi connectivity index (χ0v) is 15.5. The van der Waals surface area contributed by atoms with E-state index in [1.54, 1.807) is 41.4 Å². The van der Waals surface area contributed by atoms with Crippen LogP contribution in [0.3, 0.4) is 0 Å². The van der Waals surface area contributed by atoms with Gasteiger partial charge in [0.15, 0.2) is 5.82 Å². The summed E-state index contributed by atoms with van der Waals surface area (Å²) in [5, 5.41) is 14.3. The van der Waals surface area contributed by atoms with E-state index < -0.39 is 12.1 Å². The second-order valence-electron chi connectivity index (χ2n) is 5.96. The molecule has 0 aliphatic heterocycles. The Morgan fingerprint density at radius 3 is 2.63 bits per heavy atom. The Hall–Kier alpha value is -3.33. The van der Waals surface area contributed by atoms with Gasteiger partial charge in [0.25, 0.3) is 0 Å². The Morgan fingerprint density at radius 1 is 1.22 bits per heavy atom. The zero-order valence-electron chi connectivity index (χ0n) is 14.6. The molecule has 1 unspecified atom stereocenters. The van der Waals surface area contributed by atoms with Gasteiger partial charge in [0.2, 0.25) is 4.96 Å². The molecule has 4 heterocycles. The van der Waals surface area contributed by atoms with Crippen molar-refractivity contribution < 1.29 is 9.90 Å². The second kappa shape index (κ2) is 6.76. The highest BCUT2D eigenvalue weighted by Crippen LogP contribution is 2.34. The lowest BCUT2D eigenvalue weighted by Crippen LogP contribution is -2.32. The third-order valence-corrected chi connectivity index (χ3v) is 5.59. The highest BCUT2D eigenvalue weighted by Gasteiger charge is 2.27. The molecule has 0 fully saturated rings. The Bertz CT molecular complexity index is 1090. The van der Waals surface area contributed by atoms with Crippen LogP contribution < -0.4 is 4.90 Å². The van der Waals surface area contributed by atoms with E-state index in [2.05, 4.69) is 20.1 Å². The number of carbonyl (C=O) groups is 1. The number of anilines is 1. The molecule has 0 aromatic carbocycles. The molecule has 1 amide bonds. The maximum atomic E-state index is 11.9. The average molecular weight is 380 g/mol. The van der Waals surface area contributed by atoms with Gasteiger partial charge in [-0.15, -0.1) is 5.10 Å². The Kier molecular flexibility index (Phi) is 4.28. The normalized spacial score (nSPS) is 12.2. The molecule has 1 N–H and O–H groups in total. The first kappa shape index (κ1) is 17.1. The topological polar surface area (TPSA) is 96.5 Å². The molecule has 0 spiro atoms. The summed E-state index contributed by atoms with van der Waals surface area (Å²) < 4.78 is 1.76. The Morgan fingerprint density at radius 2 is 2.00 bits per heavy atom. The van der Waals surface area contributed by atoms with Crippen LogP contribution in [0.4, 0.5) is 10.5 Å². The lowest BCUT2D eigenvalue weighted by atomic mass is 10.2. The van der Waals surface area contributed by atoms with E-state index in [0.29, 0.717) is 11.5 Å². The molecule has 0 saturated heterocycles. The molecule has 0 aliphatic rings. The van der Waals surface area contributed by atoms with Crippen molar-refractivity contribution in [3.8, 4) is 11.4 Å². The molecule has 8 nitrogen and oxygen atoms in total. The van der Waals surface area contributed by atoms with Gasteiger partial charge < -0.3 is 5.11 Å². The summed E-state index contributed by atoms with van der Waals surface area (Å²) >= 11 is 1.44. The molecule has 1 atom stereocenters. The van der Waals surface area contributed by atoms with Crippen molar-refractivity contribution in [2.75, 3.05) is 4.90 Å². The number of amides is 1. The van der Waals surface area contributed by atoms with Crippen molar-refractivity contribution in [3.05, 3.63) is 59.6 Å². The largest absolute Gasteiger partial charge is 0.465 e. The molecule has 4 rings (SSSR count). The molecule has 9 heteroatoms. The number of aryl methyl sites for hydroxylation is 1. The Balaban J connectivity index is 1.74. The van der Waals surface area contributed by atoms with Crippen LogP contribution in [0.15, 0.2) is 49.1 Å². The minimum atomic E-state index is -1.04. The molecule has 0 bridgehead atoms. The van der Waals surface area contributed by atoms with E-state index in [1.807, 2.05) is 26.0 Å². The third-order valence-electron chi connectivity index (χ3n) is 4.29. The van der Waals surface area contributed by atoms with Crippen molar-refractivity contribution in [2.24, 2.45) is 0 Å². The van der Waals surface area contributed by atoms with Crippen molar-refractivity contribution in [2.45, 2.75) is 19.9 Å². The fourth-order valence-corrected chi connectivity index (χ4v) is 4.09. The monoisotopic (exact) mass is 380 g/mol. The number of hydrogen-bond donors (Lipinski definition) is 1. The van der Waals surface area contributed by atoms with Crippen LogP contribution in [-0.4, -0.2) is 35.8 Å². The van der Waals surface area contributed by atoms with Gasteiger partial charge in [-0.3, -0.25) is 14.9 Å². The number of hydrogen-bond acceptors (Lipinski definition) is 6. The summed E-state index contributed by atoms with van der Waals surface area (Å²) in [6, 6.07) is 6.75. The lowest BCUT2D eigenvalue weighted by Gasteiger charge is -2.25. The lowest BCUT2D eigenvalue weighted by molar-refractivity contribution is 0.199. The molecular weight excluding hydrogens is 364 g/mol. The van der Waals surface area contributed by atoms with E-state index in [0.717, 1.165) is 21.1 Å². The smallest absolute Gasteiger partial charge is 0.412 e. The summed E-state index contributed by atoms with van der Waals surface area (Å²) in [5.74, 6) is 0.619. The number of aromatic nitrogens is 5. The van der Waals surface area contributed by atoms with Crippen LogP contribution in [-0.2, 0) is 0 Å². The highest BCUT2D eigenvalue weighted by atomic mass is 32.1. The minimum absolute atomic E-state index is 0.399. The van der Waals surface area contributed by atoms with E-state index in [4.69, 9.17) is 0 Å². The van der Waals surface area contributed by atoms with Crippen LogP contribution in [0.5, 0.6) is 0 Å². The van der Waals surface area contributed by atoms with Gasteiger partial charge in [-0.05, 0) is 38.1 Å². The molecule has 4 aromatic heterocycles. The van der Waals surface area contributed by atoms with Gasteiger partial charge in [0.05, 0.1) is 28.5 Å². The third kappa shape index (κ3) is 3.02. The summed E-state index contributed by atoms with van der Waals surface area (Å²) in [6.45, 7) is 3.77. The molecule has 0 radical (unpaired) electrons. The summed E-state index contributed by atoms with van der Waals surface area (Å²) in [6.07, 6.45) is 5.51. The van der Waals surface area contributed by atoms with Crippen LogP contribution in [0.2, 0.25) is 0 Å². The van der Waals surface area contributed by atoms with E-state index in [1.165, 1.54) is 16.2 Å². The van der Waals surface area contributed by atoms with Gasteiger partial charge in [-0.25, -0.2) is 9.31 Å². The standard InChI is InChI=1S/C18H16N6O2S/c1-11(23(18(25)26)14-4-3-7-20-10-14)15-12(2)24-17(27-15)21-16(22-24)13-5-8-19-9-6-13/h3-11H,1-2H3,(H,25,26). The maximum Gasteiger partial charge on any atom is 0.412 e. The molecule has 0 aliphatic carbocycles. The van der Waals surface area contributed by atoms with Gasteiger partial charge in [-0.1, -0.05) is 11.3 Å². The SMILES string of the molecule is Cc1c(C(C)N(C(=O)O)c2cccnc2)sc2nc(-c3ccncc3)nn12. The quantitative estimate of drug-likeness (QED) is 0.578. The first-order chi connectivity index (χ1) is 13.1. The Labute approximate surface area is 158 Å². The molecule has 27 heavy (non-hydrogen) atoms. The van der Waals surface area contributed by atoms with Gasteiger partial charge in [0, 0.05) is 24.2 Å². The predicted octanol–water partition coefficient (Wildman–Crippen LogP) is 3.80. The first-order valence-corrected chi connectivity index (χ1v) is 9.06. The number of rotatable bonds is 4. The van der Waals surface area contributed by atoms with Crippen LogP contribution in [0, 0.1) is 6.92 Å². The zero-order chi connectivity index (χ0) is 19.0. The number of carboxylic acid groups (broad SMARTS) is 1. The van der Waals surface area contributed by atoms with Crippen LogP contribution >= 0.6 is 11.3 Å². The van der Waals surface area contributed by atoms with E-state index >= 15 is 0 Å². The number of nitrogens with zero attached hydrogens (tertiary/aromatic N) is 6. The van der Waals surface area contributed by atoms with Gasteiger partial charge in [-0.2, -0.15) is 4.98 Å². The molecule has 4 aromatic rings. The fourth-order valence-electron chi connectivity index (χ4n) is 2.98. The van der Waals surface area contributed by atoms with Crippen LogP contribution in [0.1, 0.15) is 23.5 Å². The summed E-state index contributed by atoms with van der Waals surface area (Å²) in [7, 11) is 0. The van der Waals surface area contributed by atoms with Gasteiger partial charge in [0.1, 0.15) is 0 Å². The first-order valence-electron chi connectivity index (χ1n) is 8.25. The predicted molar refractivity (Wildman–Crippen MR) is 102 cm³/mol. The van der Waals surface area contributed by atoms with E-state index in [9.17, 15) is 9.90 Å². The minimum Gasteiger partial charge on any atom is -0.465 e. The second-order valence-corrected chi connectivity index (χ2v) is 6.97.